The monoisotopic (exact) mass is 317 g/mol. The molecule has 2 aromatic heterocycles. The molecule has 0 saturated carbocycles. The van der Waals surface area contributed by atoms with Gasteiger partial charge in [0.25, 0.3) is 0 Å². The van der Waals surface area contributed by atoms with Gasteiger partial charge in [-0.3, -0.25) is 0 Å². The lowest BCUT2D eigenvalue weighted by molar-refractivity contribution is 0.377. The molecule has 1 N–H and O–H groups in total. The summed E-state index contributed by atoms with van der Waals surface area (Å²) in [5, 5.41) is 7.00. The maximum absolute atomic E-state index is 5.69. The molecule has 90 valence electrons. The van der Waals surface area contributed by atoms with E-state index < -0.39 is 0 Å². The number of hydrogen-bond acceptors (Lipinski definition) is 6. The summed E-state index contributed by atoms with van der Waals surface area (Å²) < 4.78 is 5.74. The van der Waals surface area contributed by atoms with Gasteiger partial charge in [-0.2, -0.15) is 9.97 Å². The van der Waals surface area contributed by atoms with Gasteiger partial charge in [0.15, 0.2) is 5.82 Å². The van der Waals surface area contributed by atoms with Crippen LogP contribution in [0.2, 0.25) is 5.28 Å². The second-order valence-corrected chi connectivity index (χ2v) is 4.44. The van der Waals surface area contributed by atoms with E-state index in [4.69, 9.17) is 16.1 Å². The zero-order valence-corrected chi connectivity index (χ0v) is 11.3. The van der Waals surface area contributed by atoms with Crippen molar-refractivity contribution in [1.82, 2.24) is 20.1 Å². The lowest BCUT2D eigenvalue weighted by Crippen LogP contribution is -2.07. The summed E-state index contributed by atoms with van der Waals surface area (Å²) >= 11 is 9.02. The van der Waals surface area contributed by atoms with E-state index in [2.05, 4.69) is 41.4 Å². The molecule has 0 radical (unpaired) electrons. The molecule has 8 heteroatoms. The van der Waals surface area contributed by atoms with Gasteiger partial charge >= 0.3 is 0 Å². The molecule has 0 bridgehead atoms. The topological polar surface area (TPSA) is 76.7 Å². The summed E-state index contributed by atoms with van der Waals surface area (Å²) in [6, 6.07) is 0. The van der Waals surface area contributed by atoms with Gasteiger partial charge in [0.1, 0.15) is 5.82 Å². The number of anilines is 1. The predicted octanol–water partition coefficient (Wildman–Crippen LogP) is 2.24. The second kappa shape index (κ2) is 5.42. The third-order valence-electron chi connectivity index (χ3n) is 1.92. The van der Waals surface area contributed by atoms with E-state index in [-0.39, 0.29) is 5.28 Å². The van der Waals surface area contributed by atoms with Crippen LogP contribution in [-0.2, 0) is 6.42 Å². The standard InChI is InChI=1S/C9H9BrClN5O/c1-5-14-7(17-16-5)2-3-12-8-6(10)4-13-9(11)15-8/h4H,2-3H2,1H3,(H,12,13,15). The van der Waals surface area contributed by atoms with Crippen LogP contribution < -0.4 is 5.32 Å². The first-order chi connectivity index (χ1) is 8.15. The number of nitrogens with one attached hydrogen (secondary N) is 1. The molecule has 0 amide bonds. The third-order valence-corrected chi connectivity index (χ3v) is 2.68. The molecule has 17 heavy (non-hydrogen) atoms. The van der Waals surface area contributed by atoms with Gasteiger partial charge in [-0.15, -0.1) is 0 Å². The van der Waals surface area contributed by atoms with E-state index in [9.17, 15) is 0 Å². The Kier molecular flexibility index (Phi) is 3.90. The van der Waals surface area contributed by atoms with Crippen LogP contribution in [0, 0.1) is 6.92 Å². The molecule has 0 aliphatic rings. The molecule has 0 aliphatic carbocycles. The fourth-order valence-electron chi connectivity index (χ4n) is 1.20. The summed E-state index contributed by atoms with van der Waals surface area (Å²) in [4.78, 5) is 12.0. The second-order valence-electron chi connectivity index (χ2n) is 3.25. The summed E-state index contributed by atoms with van der Waals surface area (Å²) in [5.74, 6) is 1.86. The molecule has 0 aliphatic heterocycles. The Bertz CT molecular complexity index is 518. The Morgan fingerprint density at radius 1 is 1.47 bits per heavy atom. The Hall–Kier alpha value is -1.21. The Balaban J connectivity index is 1.91. The number of rotatable bonds is 4. The molecular weight excluding hydrogens is 309 g/mol. The summed E-state index contributed by atoms with van der Waals surface area (Å²) in [5.41, 5.74) is 0. The van der Waals surface area contributed by atoms with Gasteiger partial charge in [-0.1, -0.05) is 5.16 Å². The van der Waals surface area contributed by atoms with Gasteiger partial charge in [-0.25, -0.2) is 4.98 Å². The van der Waals surface area contributed by atoms with Crippen molar-refractivity contribution >= 4 is 33.3 Å². The maximum Gasteiger partial charge on any atom is 0.228 e. The normalized spacial score (nSPS) is 10.5. The van der Waals surface area contributed by atoms with Gasteiger partial charge in [0, 0.05) is 19.2 Å². The zero-order chi connectivity index (χ0) is 12.3. The van der Waals surface area contributed by atoms with Crippen LogP contribution >= 0.6 is 27.5 Å². The predicted molar refractivity (Wildman–Crippen MR) is 66.0 cm³/mol. The highest BCUT2D eigenvalue weighted by Crippen LogP contribution is 2.19. The average Bonchev–Trinajstić information content (AvgIpc) is 2.69. The van der Waals surface area contributed by atoms with Crippen LogP contribution in [0.4, 0.5) is 5.82 Å². The highest BCUT2D eigenvalue weighted by atomic mass is 79.9. The zero-order valence-electron chi connectivity index (χ0n) is 8.94. The minimum atomic E-state index is 0.198. The molecule has 0 atom stereocenters. The van der Waals surface area contributed by atoms with E-state index in [1.807, 2.05) is 0 Å². The fourth-order valence-corrected chi connectivity index (χ4v) is 1.66. The largest absolute Gasteiger partial charge is 0.368 e. The molecule has 0 spiro atoms. The molecule has 0 fully saturated rings. The van der Waals surface area contributed by atoms with Crippen molar-refractivity contribution in [1.29, 1.82) is 0 Å². The number of nitrogens with zero attached hydrogens (tertiary/aromatic N) is 4. The lowest BCUT2D eigenvalue weighted by Gasteiger charge is -2.05. The maximum atomic E-state index is 5.69. The molecule has 0 unspecified atom stereocenters. The van der Waals surface area contributed by atoms with Crippen LogP contribution in [0.25, 0.3) is 0 Å². The SMILES string of the molecule is Cc1noc(CCNc2nc(Cl)ncc2Br)n1. The fraction of sp³-hybridized carbons (Fsp3) is 0.333. The Morgan fingerprint density at radius 3 is 3.00 bits per heavy atom. The summed E-state index contributed by atoms with van der Waals surface area (Å²) in [6.07, 6.45) is 2.21. The van der Waals surface area contributed by atoms with E-state index >= 15 is 0 Å². The van der Waals surface area contributed by atoms with Crippen molar-refractivity contribution in [2.24, 2.45) is 0 Å². The van der Waals surface area contributed by atoms with Crippen LogP contribution in [0.5, 0.6) is 0 Å². The minimum absolute atomic E-state index is 0.198. The molecule has 0 saturated heterocycles. The highest BCUT2D eigenvalue weighted by molar-refractivity contribution is 9.10. The highest BCUT2D eigenvalue weighted by Gasteiger charge is 2.05. The Morgan fingerprint density at radius 2 is 2.29 bits per heavy atom. The molecular formula is C9H9BrClN5O. The van der Waals surface area contributed by atoms with Crippen molar-refractivity contribution in [3.8, 4) is 0 Å². The lowest BCUT2D eigenvalue weighted by atomic mass is 10.4. The van der Waals surface area contributed by atoms with Crippen LogP contribution in [0.1, 0.15) is 11.7 Å². The average molecular weight is 319 g/mol. The quantitative estimate of drug-likeness (QED) is 0.871. The smallest absolute Gasteiger partial charge is 0.228 e. The van der Waals surface area contributed by atoms with Crippen molar-refractivity contribution in [3.63, 3.8) is 0 Å². The van der Waals surface area contributed by atoms with E-state index in [0.29, 0.717) is 30.5 Å². The molecule has 2 heterocycles. The van der Waals surface area contributed by atoms with Crippen LogP contribution in [-0.4, -0.2) is 26.7 Å². The number of halogens is 2. The van der Waals surface area contributed by atoms with E-state index in [0.717, 1.165) is 4.47 Å². The van der Waals surface area contributed by atoms with Crippen LogP contribution in [0.15, 0.2) is 15.2 Å². The van der Waals surface area contributed by atoms with Gasteiger partial charge < -0.3 is 9.84 Å². The minimum Gasteiger partial charge on any atom is -0.368 e. The van der Waals surface area contributed by atoms with Crippen molar-refractivity contribution in [3.05, 3.63) is 27.7 Å². The number of aryl methyl sites for hydroxylation is 1. The molecule has 6 nitrogen and oxygen atoms in total. The molecule has 2 rings (SSSR count). The van der Waals surface area contributed by atoms with Crippen LogP contribution in [0.3, 0.4) is 0 Å². The van der Waals surface area contributed by atoms with E-state index in [1.54, 1.807) is 13.1 Å². The first kappa shape index (κ1) is 12.3. The molecule has 0 aromatic carbocycles. The van der Waals surface area contributed by atoms with Gasteiger partial charge in [-0.05, 0) is 34.5 Å². The van der Waals surface area contributed by atoms with Gasteiger partial charge in [0.05, 0.1) is 4.47 Å². The summed E-state index contributed by atoms with van der Waals surface area (Å²) in [6.45, 7) is 2.40. The third kappa shape index (κ3) is 3.37. The molecule has 2 aromatic rings. The Labute approximate surface area is 111 Å². The first-order valence-electron chi connectivity index (χ1n) is 4.86. The van der Waals surface area contributed by atoms with Gasteiger partial charge in [0.2, 0.25) is 11.2 Å². The van der Waals surface area contributed by atoms with E-state index in [1.165, 1.54) is 0 Å². The first-order valence-corrected chi connectivity index (χ1v) is 6.03. The van der Waals surface area contributed by atoms with Crippen molar-refractivity contribution < 1.29 is 4.52 Å². The van der Waals surface area contributed by atoms with Crippen molar-refractivity contribution in [2.45, 2.75) is 13.3 Å². The van der Waals surface area contributed by atoms with Crippen molar-refractivity contribution in [2.75, 3.05) is 11.9 Å². The summed E-state index contributed by atoms with van der Waals surface area (Å²) in [7, 11) is 0. The number of aromatic nitrogens is 4. The number of hydrogen-bond donors (Lipinski definition) is 1.